The molecule has 1 N–H and O–H groups in total. The molecule has 0 bridgehead atoms. The van der Waals surface area contributed by atoms with Gasteiger partial charge in [-0.3, -0.25) is 4.79 Å². The van der Waals surface area contributed by atoms with Crippen LogP contribution in [0.15, 0.2) is 54.9 Å². The van der Waals surface area contributed by atoms with Crippen LogP contribution in [0.5, 0.6) is 11.5 Å². The molecular formula is C29H33N5O3. The number of carbonyl (C=O) groups is 1. The first-order valence-electron chi connectivity index (χ1n) is 12.6. The normalized spacial score (nSPS) is 15.6. The first kappa shape index (κ1) is 24.6. The molecule has 1 amide bonds. The highest BCUT2D eigenvalue weighted by atomic mass is 16.5. The molecule has 0 radical (unpaired) electrons. The van der Waals surface area contributed by atoms with Gasteiger partial charge in [0.15, 0.2) is 17.3 Å². The number of anilines is 1. The number of methoxy groups -OCH3 is 2. The number of hydrogen-bond donors (Lipinski definition) is 1. The maximum absolute atomic E-state index is 13.1. The molecule has 0 saturated carbocycles. The van der Waals surface area contributed by atoms with Gasteiger partial charge in [0.25, 0.3) is 0 Å². The van der Waals surface area contributed by atoms with Crippen LogP contribution in [-0.4, -0.2) is 47.8 Å². The standard InChI is InChI=1S/C29H33N5O3/c1-19-7-9-22(14-20(19)2)24-16-25-28(30-11-13-34(25)32-24)33-12-5-6-23(18-33)29(35)31-17-21-8-10-26(36-3)27(15-21)37-4/h7-11,13-16,23H,5-6,12,17-18H2,1-4H3,(H,31,35)/t23-/m0/s1. The van der Waals surface area contributed by atoms with E-state index >= 15 is 0 Å². The smallest absolute Gasteiger partial charge is 0.225 e. The number of amides is 1. The maximum atomic E-state index is 13.1. The van der Waals surface area contributed by atoms with Crippen LogP contribution in [0.3, 0.4) is 0 Å². The Morgan fingerprint density at radius 3 is 2.68 bits per heavy atom. The summed E-state index contributed by atoms with van der Waals surface area (Å²) < 4.78 is 12.6. The van der Waals surface area contributed by atoms with E-state index in [1.165, 1.54) is 11.1 Å². The zero-order chi connectivity index (χ0) is 25.9. The van der Waals surface area contributed by atoms with Crippen molar-refractivity contribution in [1.82, 2.24) is 19.9 Å². The number of piperidine rings is 1. The predicted octanol–water partition coefficient (Wildman–Crippen LogP) is 4.56. The fourth-order valence-electron chi connectivity index (χ4n) is 4.90. The lowest BCUT2D eigenvalue weighted by molar-refractivity contribution is -0.125. The van der Waals surface area contributed by atoms with Gasteiger partial charge in [0.2, 0.25) is 5.91 Å². The third-order valence-corrected chi connectivity index (χ3v) is 7.18. The Bertz CT molecular complexity index is 1430. The summed E-state index contributed by atoms with van der Waals surface area (Å²) >= 11 is 0. The highest BCUT2D eigenvalue weighted by Crippen LogP contribution is 2.30. The molecule has 8 heteroatoms. The van der Waals surface area contributed by atoms with Crippen LogP contribution in [-0.2, 0) is 11.3 Å². The number of benzene rings is 2. The zero-order valence-corrected chi connectivity index (χ0v) is 21.8. The molecule has 8 nitrogen and oxygen atoms in total. The van der Waals surface area contributed by atoms with Crippen LogP contribution in [0.1, 0.15) is 29.5 Å². The molecule has 2 aromatic carbocycles. The Labute approximate surface area is 217 Å². The van der Waals surface area contributed by atoms with E-state index < -0.39 is 0 Å². The molecule has 1 atom stereocenters. The van der Waals surface area contributed by atoms with Crippen molar-refractivity contribution in [3.63, 3.8) is 0 Å². The molecule has 1 aliphatic heterocycles. The average Bonchev–Trinajstić information content (AvgIpc) is 3.37. The Morgan fingerprint density at radius 2 is 1.89 bits per heavy atom. The quantitative estimate of drug-likeness (QED) is 0.401. The molecule has 0 unspecified atom stereocenters. The first-order valence-corrected chi connectivity index (χ1v) is 12.6. The van der Waals surface area contributed by atoms with Crippen molar-refractivity contribution in [2.45, 2.75) is 33.2 Å². The average molecular weight is 500 g/mol. The fourth-order valence-corrected chi connectivity index (χ4v) is 4.90. The minimum atomic E-state index is -0.113. The largest absolute Gasteiger partial charge is 0.493 e. The van der Waals surface area contributed by atoms with Gasteiger partial charge in [0, 0.05) is 37.6 Å². The van der Waals surface area contributed by atoms with Gasteiger partial charge in [-0.1, -0.05) is 18.2 Å². The van der Waals surface area contributed by atoms with E-state index in [1.807, 2.05) is 28.9 Å². The number of ether oxygens (including phenoxy) is 2. The fraction of sp³-hybridized carbons (Fsp3) is 0.345. The summed E-state index contributed by atoms with van der Waals surface area (Å²) in [5.74, 6) is 2.12. The highest BCUT2D eigenvalue weighted by Gasteiger charge is 2.28. The number of nitrogens with one attached hydrogen (secondary N) is 1. The van der Waals surface area contributed by atoms with Gasteiger partial charge in [0.05, 0.1) is 25.8 Å². The molecular weight excluding hydrogens is 466 g/mol. The molecule has 5 rings (SSSR count). The van der Waals surface area contributed by atoms with E-state index in [1.54, 1.807) is 20.4 Å². The molecule has 1 aliphatic rings. The second kappa shape index (κ2) is 10.5. The van der Waals surface area contributed by atoms with Gasteiger partial charge in [-0.25, -0.2) is 9.50 Å². The number of aromatic nitrogens is 3. The molecule has 0 aliphatic carbocycles. The molecule has 1 fully saturated rings. The van der Waals surface area contributed by atoms with Crippen molar-refractivity contribution < 1.29 is 14.3 Å². The molecule has 2 aromatic heterocycles. The number of nitrogens with zero attached hydrogens (tertiary/aromatic N) is 4. The van der Waals surface area contributed by atoms with Crippen LogP contribution in [0.25, 0.3) is 16.8 Å². The van der Waals surface area contributed by atoms with E-state index in [-0.39, 0.29) is 11.8 Å². The van der Waals surface area contributed by atoms with Crippen LogP contribution in [0.2, 0.25) is 0 Å². The minimum absolute atomic E-state index is 0.0516. The predicted molar refractivity (Wildman–Crippen MR) is 144 cm³/mol. The molecule has 0 spiro atoms. The van der Waals surface area contributed by atoms with E-state index in [0.717, 1.165) is 47.5 Å². The molecule has 3 heterocycles. The molecule has 1 saturated heterocycles. The number of hydrogen-bond acceptors (Lipinski definition) is 6. The summed E-state index contributed by atoms with van der Waals surface area (Å²) in [6, 6.07) is 14.2. The van der Waals surface area contributed by atoms with E-state index in [0.29, 0.717) is 24.6 Å². The van der Waals surface area contributed by atoms with Crippen molar-refractivity contribution in [3.8, 4) is 22.8 Å². The van der Waals surface area contributed by atoms with E-state index in [4.69, 9.17) is 19.6 Å². The number of aryl methyl sites for hydroxylation is 2. The van der Waals surface area contributed by atoms with E-state index in [2.05, 4.69) is 48.3 Å². The van der Waals surface area contributed by atoms with Crippen LogP contribution in [0.4, 0.5) is 5.82 Å². The van der Waals surface area contributed by atoms with Crippen LogP contribution < -0.4 is 19.7 Å². The van der Waals surface area contributed by atoms with Gasteiger partial charge in [-0.15, -0.1) is 0 Å². The van der Waals surface area contributed by atoms with Crippen LogP contribution in [0, 0.1) is 19.8 Å². The Hall–Kier alpha value is -4.07. The molecule has 37 heavy (non-hydrogen) atoms. The summed E-state index contributed by atoms with van der Waals surface area (Å²) in [5.41, 5.74) is 6.41. The second-order valence-electron chi connectivity index (χ2n) is 9.60. The second-order valence-corrected chi connectivity index (χ2v) is 9.60. The maximum Gasteiger partial charge on any atom is 0.225 e. The minimum Gasteiger partial charge on any atom is -0.493 e. The number of rotatable bonds is 7. The Kier molecular flexibility index (Phi) is 6.99. The first-order chi connectivity index (χ1) is 18.0. The SMILES string of the molecule is COc1ccc(CNC(=O)[C@H]2CCCN(c3nccn4nc(-c5ccc(C)c(C)c5)cc34)C2)cc1OC. The monoisotopic (exact) mass is 499 g/mol. The van der Waals surface area contributed by atoms with Gasteiger partial charge in [-0.2, -0.15) is 5.10 Å². The lowest BCUT2D eigenvalue weighted by Gasteiger charge is -2.33. The van der Waals surface area contributed by atoms with Crippen molar-refractivity contribution in [3.05, 3.63) is 71.5 Å². The van der Waals surface area contributed by atoms with Gasteiger partial charge >= 0.3 is 0 Å². The molecule has 4 aromatic rings. The summed E-state index contributed by atoms with van der Waals surface area (Å²) in [7, 11) is 3.22. The van der Waals surface area contributed by atoms with Gasteiger partial charge in [-0.05, 0) is 67.6 Å². The highest BCUT2D eigenvalue weighted by molar-refractivity contribution is 5.81. The number of fused-ring (bicyclic) bond motifs is 1. The summed E-state index contributed by atoms with van der Waals surface area (Å²) in [6.07, 6.45) is 5.43. The third kappa shape index (κ3) is 5.09. The third-order valence-electron chi connectivity index (χ3n) is 7.18. The van der Waals surface area contributed by atoms with Crippen molar-refractivity contribution >= 4 is 17.2 Å². The van der Waals surface area contributed by atoms with Gasteiger partial charge < -0.3 is 19.7 Å². The van der Waals surface area contributed by atoms with E-state index in [9.17, 15) is 4.79 Å². The number of carbonyl (C=O) groups excluding carboxylic acids is 1. The Morgan fingerprint density at radius 1 is 1.05 bits per heavy atom. The Balaban J connectivity index is 1.31. The molecule has 192 valence electrons. The zero-order valence-electron chi connectivity index (χ0n) is 21.8. The van der Waals surface area contributed by atoms with Crippen molar-refractivity contribution in [1.29, 1.82) is 0 Å². The van der Waals surface area contributed by atoms with Gasteiger partial charge in [0.1, 0.15) is 5.52 Å². The lowest BCUT2D eigenvalue weighted by atomic mass is 9.97. The summed E-state index contributed by atoms with van der Waals surface area (Å²) in [5, 5.41) is 7.91. The van der Waals surface area contributed by atoms with Crippen molar-refractivity contribution in [2.24, 2.45) is 5.92 Å². The van der Waals surface area contributed by atoms with Crippen molar-refractivity contribution in [2.75, 3.05) is 32.2 Å². The lowest BCUT2D eigenvalue weighted by Crippen LogP contribution is -2.43. The topological polar surface area (TPSA) is 81.0 Å². The van der Waals surface area contributed by atoms with Crippen LogP contribution >= 0.6 is 0 Å². The summed E-state index contributed by atoms with van der Waals surface area (Å²) in [6.45, 7) is 6.14. The summed E-state index contributed by atoms with van der Waals surface area (Å²) in [4.78, 5) is 20.0.